The molecule has 0 aliphatic heterocycles. The molecule has 2 aliphatic carbocycles. The monoisotopic (exact) mass is 766 g/mol. The van der Waals surface area contributed by atoms with Gasteiger partial charge in [0.25, 0.3) is 0 Å². The standard InChI is InChI=1S/C58H42N2/c1-57(2)51-25-13-9-21-45(51)48-35-33-43(37-54(48)57)59(44-34-36-50-49-24-12-16-28-55(49)60(56(50)38-44)41-19-7-4-8-20-41)42-31-29-40(30-32-42)58(39-17-5-3-6-18-39)52-26-14-10-22-46(52)47-23-11-15-27-53(47)58/h3-38H,1-2H3. The highest BCUT2D eigenvalue weighted by Gasteiger charge is 2.46. The topological polar surface area (TPSA) is 8.17 Å². The normalized spacial score (nSPS) is 14.1. The molecule has 0 amide bonds. The molecule has 2 aliphatic rings. The van der Waals surface area contributed by atoms with Crippen LogP contribution >= 0.6 is 0 Å². The molecule has 10 aromatic rings. The molecule has 60 heavy (non-hydrogen) atoms. The number of para-hydroxylation sites is 2. The number of nitrogens with zero attached hydrogens (tertiary/aromatic N) is 2. The molecular weight excluding hydrogens is 725 g/mol. The van der Waals surface area contributed by atoms with Crippen molar-refractivity contribution in [1.82, 2.24) is 4.57 Å². The van der Waals surface area contributed by atoms with Crippen molar-refractivity contribution in [3.05, 3.63) is 252 Å². The predicted octanol–water partition coefficient (Wildman–Crippen LogP) is 14.9. The van der Waals surface area contributed by atoms with E-state index in [2.05, 4.69) is 242 Å². The second-order valence-corrected chi connectivity index (χ2v) is 16.9. The van der Waals surface area contributed by atoms with E-state index in [1.54, 1.807) is 0 Å². The summed E-state index contributed by atoms with van der Waals surface area (Å²) in [6.45, 7) is 4.73. The van der Waals surface area contributed by atoms with Gasteiger partial charge in [-0.05, 0) is 110 Å². The van der Waals surface area contributed by atoms with Crippen LogP contribution in [0.3, 0.4) is 0 Å². The minimum atomic E-state index is -0.462. The molecule has 0 unspecified atom stereocenters. The summed E-state index contributed by atoms with van der Waals surface area (Å²) in [6, 6.07) is 81.0. The third-order valence-electron chi connectivity index (χ3n) is 13.5. The van der Waals surface area contributed by atoms with Gasteiger partial charge in [-0.1, -0.05) is 178 Å². The van der Waals surface area contributed by atoms with Gasteiger partial charge in [-0.2, -0.15) is 0 Å². The van der Waals surface area contributed by atoms with Crippen LogP contribution in [0, 0.1) is 0 Å². The highest BCUT2D eigenvalue weighted by Crippen LogP contribution is 2.57. The maximum atomic E-state index is 2.46. The number of hydrogen-bond donors (Lipinski definition) is 0. The maximum Gasteiger partial charge on any atom is 0.0713 e. The van der Waals surface area contributed by atoms with Gasteiger partial charge in [0.1, 0.15) is 0 Å². The summed E-state index contributed by atoms with van der Waals surface area (Å²) in [7, 11) is 0. The Balaban J connectivity index is 1.09. The highest BCUT2D eigenvalue weighted by molar-refractivity contribution is 6.10. The van der Waals surface area contributed by atoms with E-state index in [0.717, 1.165) is 22.7 Å². The first kappa shape index (κ1) is 34.6. The molecule has 0 saturated carbocycles. The van der Waals surface area contributed by atoms with E-state index in [-0.39, 0.29) is 5.41 Å². The average Bonchev–Trinajstić information content (AvgIpc) is 3.88. The Hall–Kier alpha value is -7.42. The molecule has 2 nitrogen and oxygen atoms in total. The first-order chi connectivity index (χ1) is 29.5. The van der Waals surface area contributed by atoms with Gasteiger partial charge in [0.15, 0.2) is 0 Å². The third kappa shape index (κ3) is 4.82. The number of fused-ring (bicyclic) bond motifs is 9. The molecule has 0 radical (unpaired) electrons. The minimum absolute atomic E-state index is 0.132. The van der Waals surface area contributed by atoms with Crippen LogP contribution in [0.1, 0.15) is 47.2 Å². The van der Waals surface area contributed by atoms with Crippen LogP contribution in [0.15, 0.2) is 218 Å². The first-order valence-corrected chi connectivity index (χ1v) is 21.0. The summed E-state index contributed by atoms with van der Waals surface area (Å²) in [5.41, 5.74) is 19.4. The Kier molecular flexibility index (Phi) is 7.52. The van der Waals surface area contributed by atoms with Crippen LogP contribution < -0.4 is 4.90 Å². The van der Waals surface area contributed by atoms with Crippen LogP contribution in [-0.4, -0.2) is 4.57 Å². The van der Waals surface area contributed by atoms with Gasteiger partial charge in [0.05, 0.1) is 16.4 Å². The van der Waals surface area contributed by atoms with Crippen molar-refractivity contribution < 1.29 is 0 Å². The Morgan fingerprint density at radius 3 is 1.53 bits per heavy atom. The smallest absolute Gasteiger partial charge is 0.0713 e. The van der Waals surface area contributed by atoms with E-state index < -0.39 is 5.41 Å². The number of hydrogen-bond acceptors (Lipinski definition) is 1. The second kappa shape index (κ2) is 13.0. The number of rotatable bonds is 6. The lowest BCUT2D eigenvalue weighted by Crippen LogP contribution is -2.28. The Bertz CT molecular complexity index is 3230. The number of benzene rings is 9. The van der Waals surface area contributed by atoms with Gasteiger partial charge in [0, 0.05) is 38.9 Å². The van der Waals surface area contributed by atoms with Crippen molar-refractivity contribution in [2.45, 2.75) is 24.7 Å². The molecule has 1 aromatic heterocycles. The second-order valence-electron chi connectivity index (χ2n) is 16.9. The van der Waals surface area contributed by atoms with E-state index in [4.69, 9.17) is 0 Å². The van der Waals surface area contributed by atoms with Crippen LogP contribution in [0.25, 0.3) is 49.7 Å². The third-order valence-corrected chi connectivity index (χ3v) is 13.5. The quantitative estimate of drug-likeness (QED) is 0.164. The summed E-state index contributed by atoms with van der Waals surface area (Å²) >= 11 is 0. The first-order valence-electron chi connectivity index (χ1n) is 21.0. The molecule has 0 spiro atoms. The molecule has 1 heterocycles. The number of anilines is 3. The predicted molar refractivity (Wildman–Crippen MR) is 250 cm³/mol. The van der Waals surface area contributed by atoms with E-state index in [1.165, 1.54) is 77.4 Å². The molecule has 0 saturated heterocycles. The van der Waals surface area contributed by atoms with E-state index in [0.29, 0.717) is 0 Å². The van der Waals surface area contributed by atoms with Crippen molar-refractivity contribution in [3.8, 4) is 27.9 Å². The summed E-state index contributed by atoms with van der Waals surface area (Å²) < 4.78 is 2.41. The lowest BCUT2D eigenvalue weighted by Gasteiger charge is -2.34. The molecule has 0 fully saturated rings. The van der Waals surface area contributed by atoms with Crippen LogP contribution in [-0.2, 0) is 10.8 Å². The van der Waals surface area contributed by atoms with E-state index in [9.17, 15) is 0 Å². The molecular formula is C58H42N2. The molecule has 9 aromatic carbocycles. The molecule has 0 bridgehead atoms. The fraction of sp³-hybridized carbons (Fsp3) is 0.0690. The van der Waals surface area contributed by atoms with Gasteiger partial charge in [-0.15, -0.1) is 0 Å². The zero-order chi connectivity index (χ0) is 40.0. The minimum Gasteiger partial charge on any atom is -0.310 e. The Morgan fingerprint density at radius 2 is 0.833 bits per heavy atom. The Labute approximate surface area is 351 Å². The van der Waals surface area contributed by atoms with Crippen molar-refractivity contribution >= 4 is 38.9 Å². The van der Waals surface area contributed by atoms with Crippen LogP contribution in [0.2, 0.25) is 0 Å². The van der Waals surface area contributed by atoms with Gasteiger partial charge >= 0.3 is 0 Å². The van der Waals surface area contributed by atoms with Crippen LogP contribution in [0.4, 0.5) is 17.1 Å². The molecule has 284 valence electrons. The fourth-order valence-electron chi connectivity index (χ4n) is 10.8. The molecule has 12 rings (SSSR count). The lowest BCUT2D eigenvalue weighted by molar-refractivity contribution is 0.660. The van der Waals surface area contributed by atoms with Crippen LogP contribution in [0.5, 0.6) is 0 Å². The average molecular weight is 767 g/mol. The van der Waals surface area contributed by atoms with Gasteiger partial charge in [-0.25, -0.2) is 0 Å². The maximum absolute atomic E-state index is 2.46. The summed E-state index contributed by atoms with van der Waals surface area (Å²) in [6.07, 6.45) is 0. The van der Waals surface area contributed by atoms with Crippen molar-refractivity contribution in [2.75, 3.05) is 4.90 Å². The molecule has 0 N–H and O–H groups in total. The van der Waals surface area contributed by atoms with Gasteiger partial charge < -0.3 is 9.47 Å². The highest BCUT2D eigenvalue weighted by atomic mass is 15.1. The lowest BCUT2D eigenvalue weighted by atomic mass is 9.68. The Morgan fingerprint density at radius 1 is 0.350 bits per heavy atom. The van der Waals surface area contributed by atoms with Gasteiger partial charge in [-0.3, -0.25) is 0 Å². The zero-order valence-electron chi connectivity index (χ0n) is 33.7. The van der Waals surface area contributed by atoms with Gasteiger partial charge in [0.2, 0.25) is 0 Å². The van der Waals surface area contributed by atoms with Crippen molar-refractivity contribution in [1.29, 1.82) is 0 Å². The van der Waals surface area contributed by atoms with E-state index in [1.807, 2.05) is 0 Å². The summed E-state index contributed by atoms with van der Waals surface area (Å²) in [5.74, 6) is 0. The number of aromatic nitrogens is 1. The molecule has 2 heteroatoms. The zero-order valence-corrected chi connectivity index (χ0v) is 33.7. The summed E-state index contributed by atoms with van der Waals surface area (Å²) in [4.78, 5) is 2.46. The molecule has 0 atom stereocenters. The SMILES string of the molecule is CC1(C)c2ccccc2-c2ccc(N(c3ccc(C4(c5ccccc5)c5ccccc5-c5ccccc54)cc3)c3ccc4c5ccccc5n(-c5ccccc5)c4c3)cc21. The van der Waals surface area contributed by atoms with E-state index >= 15 is 0 Å². The fourth-order valence-corrected chi connectivity index (χ4v) is 10.8. The largest absolute Gasteiger partial charge is 0.310 e. The van der Waals surface area contributed by atoms with Crippen molar-refractivity contribution in [2.24, 2.45) is 0 Å². The van der Waals surface area contributed by atoms with Crippen molar-refractivity contribution in [3.63, 3.8) is 0 Å². The summed E-state index contributed by atoms with van der Waals surface area (Å²) in [5, 5.41) is 2.49.